The maximum absolute atomic E-state index is 13.6. The normalized spacial score (nSPS) is 29.6. The predicted octanol–water partition coefficient (Wildman–Crippen LogP) is 2.17. The zero-order chi connectivity index (χ0) is 19.8. The summed E-state index contributed by atoms with van der Waals surface area (Å²) in [6.07, 6.45) is 4.35. The molecular formula is C21H31N3O3S. The highest BCUT2D eigenvalue weighted by Gasteiger charge is 2.55. The quantitative estimate of drug-likeness (QED) is 0.770. The first-order valence-electron chi connectivity index (χ1n) is 10.6. The molecule has 0 aromatic heterocycles. The maximum atomic E-state index is 13.6. The van der Waals surface area contributed by atoms with E-state index in [1.807, 2.05) is 11.0 Å². The lowest BCUT2D eigenvalue weighted by Crippen LogP contribution is -2.50. The predicted molar refractivity (Wildman–Crippen MR) is 108 cm³/mol. The monoisotopic (exact) mass is 405 g/mol. The Morgan fingerprint density at radius 1 is 1.04 bits per heavy atom. The van der Waals surface area contributed by atoms with Crippen molar-refractivity contribution in [1.29, 1.82) is 0 Å². The fraction of sp³-hybridized carbons (Fsp3) is 0.667. The Balaban J connectivity index is 1.62. The molecule has 6 nitrogen and oxygen atoms in total. The van der Waals surface area contributed by atoms with Gasteiger partial charge >= 0.3 is 0 Å². The molecule has 2 atom stereocenters. The average Bonchev–Trinajstić information content (AvgIpc) is 3.33. The molecule has 4 rings (SSSR count). The standard InChI is InChI=1S/C21H31N3O3S/c1-2-22-16-11-21(20(25)23-13-6-7-14-23)12-17-24(15-10-19(21)22)28(26,27)18-8-4-3-5-9-18/h3-5,8-9,19H,2,6-7,10-17H2,1H3/t19-,21-/m0/s1. The Bertz CT molecular complexity index is 807. The lowest BCUT2D eigenvalue weighted by atomic mass is 9.75. The molecule has 7 heteroatoms. The number of fused-ring (bicyclic) bond motifs is 1. The number of nitrogens with zero attached hydrogens (tertiary/aromatic N) is 3. The summed E-state index contributed by atoms with van der Waals surface area (Å²) >= 11 is 0. The van der Waals surface area contributed by atoms with Crippen LogP contribution in [0.3, 0.4) is 0 Å². The molecule has 1 aromatic carbocycles. The summed E-state index contributed by atoms with van der Waals surface area (Å²) in [4.78, 5) is 18.3. The van der Waals surface area contributed by atoms with E-state index in [2.05, 4.69) is 11.8 Å². The van der Waals surface area contributed by atoms with Gasteiger partial charge in [0.1, 0.15) is 0 Å². The van der Waals surface area contributed by atoms with Crippen LogP contribution in [-0.4, -0.2) is 73.7 Å². The van der Waals surface area contributed by atoms with Crippen molar-refractivity contribution in [2.45, 2.75) is 50.0 Å². The van der Waals surface area contributed by atoms with E-state index < -0.39 is 15.4 Å². The number of carbonyl (C=O) groups excluding carboxylic acids is 1. The van der Waals surface area contributed by atoms with Crippen molar-refractivity contribution in [3.63, 3.8) is 0 Å². The fourth-order valence-electron chi connectivity index (χ4n) is 5.42. The number of amides is 1. The lowest BCUT2D eigenvalue weighted by Gasteiger charge is -2.38. The van der Waals surface area contributed by atoms with Crippen LogP contribution in [0.25, 0.3) is 0 Å². The average molecular weight is 406 g/mol. The Morgan fingerprint density at radius 2 is 1.71 bits per heavy atom. The van der Waals surface area contributed by atoms with Gasteiger partial charge in [-0.15, -0.1) is 0 Å². The van der Waals surface area contributed by atoms with E-state index in [9.17, 15) is 13.2 Å². The molecule has 1 aromatic rings. The molecule has 1 amide bonds. The van der Waals surface area contributed by atoms with Crippen LogP contribution in [0, 0.1) is 5.41 Å². The highest BCUT2D eigenvalue weighted by molar-refractivity contribution is 7.89. The Labute approximate surface area is 168 Å². The second kappa shape index (κ2) is 7.76. The number of sulfonamides is 1. The van der Waals surface area contributed by atoms with Crippen LogP contribution in [0.2, 0.25) is 0 Å². The highest BCUT2D eigenvalue weighted by Crippen LogP contribution is 2.46. The second-order valence-corrected chi connectivity index (χ2v) is 10.2. The van der Waals surface area contributed by atoms with Crippen molar-refractivity contribution < 1.29 is 13.2 Å². The largest absolute Gasteiger partial charge is 0.342 e. The third-order valence-corrected chi connectivity index (χ3v) is 8.90. The second-order valence-electron chi connectivity index (χ2n) is 8.31. The van der Waals surface area contributed by atoms with Crippen molar-refractivity contribution >= 4 is 15.9 Å². The molecule has 0 N–H and O–H groups in total. The van der Waals surface area contributed by atoms with Gasteiger partial charge in [-0.05, 0) is 57.3 Å². The molecule has 3 heterocycles. The molecule has 3 aliphatic heterocycles. The first kappa shape index (κ1) is 19.9. The summed E-state index contributed by atoms with van der Waals surface area (Å²) in [5, 5.41) is 0. The van der Waals surface area contributed by atoms with Gasteiger partial charge in [-0.2, -0.15) is 4.31 Å². The van der Waals surface area contributed by atoms with Crippen molar-refractivity contribution in [3.05, 3.63) is 30.3 Å². The smallest absolute Gasteiger partial charge is 0.243 e. The zero-order valence-electron chi connectivity index (χ0n) is 16.7. The van der Waals surface area contributed by atoms with E-state index in [4.69, 9.17) is 0 Å². The van der Waals surface area contributed by atoms with E-state index in [1.54, 1.807) is 28.6 Å². The molecule has 3 saturated heterocycles. The van der Waals surface area contributed by atoms with E-state index in [0.29, 0.717) is 24.4 Å². The van der Waals surface area contributed by atoms with Crippen molar-refractivity contribution in [2.24, 2.45) is 5.41 Å². The maximum Gasteiger partial charge on any atom is 0.243 e. The Morgan fingerprint density at radius 3 is 2.39 bits per heavy atom. The summed E-state index contributed by atoms with van der Waals surface area (Å²) in [5.41, 5.74) is -0.429. The van der Waals surface area contributed by atoms with Crippen LogP contribution >= 0.6 is 0 Å². The number of likely N-dealkylation sites (tertiary alicyclic amines) is 2. The summed E-state index contributed by atoms with van der Waals surface area (Å²) in [5.74, 6) is 0.268. The topological polar surface area (TPSA) is 60.9 Å². The molecule has 0 aliphatic carbocycles. The molecule has 3 fully saturated rings. The molecule has 0 bridgehead atoms. The van der Waals surface area contributed by atoms with Gasteiger partial charge in [0.25, 0.3) is 0 Å². The van der Waals surface area contributed by atoms with E-state index in [0.717, 1.165) is 51.9 Å². The number of rotatable bonds is 4. The Kier molecular flexibility index (Phi) is 5.51. The summed E-state index contributed by atoms with van der Waals surface area (Å²) in [6, 6.07) is 8.80. The molecular weight excluding hydrogens is 374 g/mol. The van der Waals surface area contributed by atoms with Gasteiger partial charge < -0.3 is 4.90 Å². The summed E-state index contributed by atoms with van der Waals surface area (Å²) in [7, 11) is -3.52. The van der Waals surface area contributed by atoms with Gasteiger partial charge in [0.2, 0.25) is 15.9 Å². The van der Waals surface area contributed by atoms with Crippen LogP contribution in [0.5, 0.6) is 0 Å². The van der Waals surface area contributed by atoms with Gasteiger partial charge in [-0.25, -0.2) is 8.42 Å². The van der Waals surface area contributed by atoms with Gasteiger partial charge in [0.15, 0.2) is 0 Å². The summed E-state index contributed by atoms with van der Waals surface area (Å²) in [6.45, 7) is 6.59. The minimum Gasteiger partial charge on any atom is -0.342 e. The van der Waals surface area contributed by atoms with Crippen molar-refractivity contribution in [3.8, 4) is 0 Å². The number of hydrogen-bond donors (Lipinski definition) is 0. The van der Waals surface area contributed by atoms with Gasteiger partial charge in [0.05, 0.1) is 10.3 Å². The first-order valence-corrected chi connectivity index (χ1v) is 12.0. The molecule has 3 aliphatic rings. The molecule has 0 spiro atoms. The summed E-state index contributed by atoms with van der Waals surface area (Å²) < 4.78 is 27.9. The SMILES string of the molecule is CCN1CC[C@]2(C(=O)N3CCCC3)CCN(S(=O)(=O)c3ccccc3)CC[C@H]12. The molecule has 154 valence electrons. The van der Waals surface area contributed by atoms with Crippen molar-refractivity contribution in [1.82, 2.24) is 14.1 Å². The van der Waals surface area contributed by atoms with Gasteiger partial charge in [-0.1, -0.05) is 25.1 Å². The molecule has 28 heavy (non-hydrogen) atoms. The molecule has 0 unspecified atom stereocenters. The van der Waals surface area contributed by atoms with Crippen LogP contribution in [0.4, 0.5) is 0 Å². The van der Waals surface area contributed by atoms with Gasteiger partial charge in [0, 0.05) is 32.2 Å². The highest BCUT2D eigenvalue weighted by atomic mass is 32.2. The van der Waals surface area contributed by atoms with Gasteiger partial charge in [-0.3, -0.25) is 9.69 Å². The minimum absolute atomic E-state index is 0.140. The number of carbonyl (C=O) groups is 1. The van der Waals surface area contributed by atoms with Crippen LogP contribution in [0.1, 0.15) is 39.0 Å². The Hall–Kier alpha value is -1.44. The van der Waals surface area contributed by atoms with Crippen LogP contribution in [-0.2, 0) is 14.8 Å². The number of benzene rings is 1. The third kappa shape index (κ3) is 3.27. The van der Waals surface area contributed by atoms with Crippen molar-refractivity contribution in [2.75, 3.05) is 39.3 Å². The number of hydrogen-bond acceptors (Lipinski definition) is 4. The van der Waals surface area contributed by atoms with E-state index >= 15 is 0 Å². The van der Waals surface area contributed by atoms with E-state index in [-0.39, 0.29) is 11.9 Å². The van der Waals surface area contributed by atoms with Crippen LogP contribution < -0.4 is 0 Å². The lowest BCUT2D eigenvalue weighted by molar-refractivity contribution is -0.143. The first-order chi connectivity index (χ1) is 13.5. The third-order valence-electron chi connectivity index (χ3n) is 6.99. The van der Waals surface area contributed by atoms with Crippen LogP contribution in [0.15, 0.2) is 35.2 Å². The zero-order valence-corrected chi connectivity index (χ0v) is 17.5. The fourth-order valence-corrected chi connectivity index (χ4v) is 6.90. The molecule has 0 radical (unpaired) electrons. The van der Waals surface area contributed by atoms with E-state index in [1.165, 1.54) is 0 Å². The molecule has 0 saturated carbocycles. The minimum atomic E-state index is -3.52.